The summed E-state index contributed by atoms with van der Waals surface area (Å²) >= 11 is 1.89. The van der Waals surface area contributed by atoms with Crippen molar-refractivity contribution in [2.24, 2.45) is 0 Å². The fraction of sp³-hybridized carbons (Fsp3) is 0.846. The second-order valence-electron chi connectivity index (χ2n) is 6.70. The highest BCUT2D eigenvalue weighted by Crippen LogP contribution is 2.50. The summed E-state index contributed by atoms with van der Waals surface area (Å²) in [7, 11) is 11.7. The molecule has 0 N–H and O–H groups in total. The minimum atomic E-state index is -1.25. The van der Waals surface area contributed by atoms with Crippen LogP contribution in [-0.4, -0.2) is 61.3 Å². The monoisotopic (exact) mass is 416 g/mol. The topological polar surface area (TPSA) is 71.1 Å². The Kier molecular flexibility index (Phi) is 3.57. The number of rotatable bonds is 3. The lowest BCUT2D eigenvalue weighted by Gasteiger charge is -2.40. The molecule has 0 aromatic carbocycles. The van der Waals surface area contributed by atoms with Crippen molar-refractivity contribution >= 4 is 50.4 Å². The summed E-state index contributed by atoms with van der Waals surface area (Å²) in [5, 5.41) is -1.25. The van der Waals surface area contributed by atoms with Crippen LogP contribution in [0.2, 0.25) is 5.21 Å². The first-order chi connectivity index (χ1) is 9.96. The number of hydrogen-bond donors (Lipinski definition) is 0. The van der Waals surface area contributed by atoms with Gasteiger partial charge in [0.15, 0.2) is 12.2 Å². The molecule has 3 saturated heterocycles. The summed E-state index contributed by atoms with van der Waals surface area (Å²) in [4.78, 5) is 23.8. The van der Waals surface area contributed by atoms with Gasteiger partial charge in [0.25, 0.3) is 0 Å². The molecule has 6 atom stereocenters. The minimum absolute atomic E-state index is 0.332. The molecule has 5 unspecified atom stereocenters. The third-order valence-electron chi connectivity index (χ3n) is 4.70. The van der Waals surface area contributed by atoms with E-state index in [0.717, 1.165) is 0 Å². The van der Waals surface area contributed by atoms with Crippen molar-refractivity contribution in [3.63, 3.8) is 0 Å². The molecular weight excluding hydrogens is 401 g/mol. The minimum Gasteiger partial charge on any atom is -0.455 e. The number of fused-ring (bicyclic) bond motifs is 5. The van der Waals surface area contributed by atoms with Gasteiger partial charge in [-0.05, 0) is 13.8 Å². The Morgan fingerprint density at radius 1 is 1.36 bits per heavy atom. The van der Waals surface area contributed by atoms with Crippen molar-refractivity contribution in [1.82, 2.24) is 0 Å². The molecular formula is C13H15B2IO6. The van der Waals surface area contributed by atoms with E-state index >= 15 is 0 Å². The van der Waals surface area contributed by atoms with Crippen LogP contribution in [0.15, 0.2) is 0 Å². The largest absolute Gasteiger partial charge is 0.509 e. The van der Waals surface area contributed by atoms with Crippen LogP contribution in [0.25, 0.3) is 0 Å². The van der Waals surface area contributed by atoms with Crippen LogP contribution >= 0.6 is 22.6 Å². The van der Waals surface area contributed by atoms with E-state index in [1.54, 1.807) is 20.8 Å². The van der Waals surface area contributed by atoms with Crippen molar-refractivity contribution in [2.45, 2.75) is 65.8 Å². The molecule has 3 aliphatic rings. The molecule has 3 aliphatic heterocycles. The molecule has 0 saturated carbocycles. The van der Waals surface area contributed by atoms with Crippen LogP contribution in [0.3, 0.4) is 0 Å². The van der Waals surface area contributed by atoms with Gasteiger partial charge in [-0.2, -0.15) is 0 Å². The van der Waals surface area contributed by atoms with Gasteiger partial charge in [-0.3, -0.25) is 4.79 Å². The summed E-state index contributed by atoms with van der Waals surface area (Å²) in [6, 6.07) is 0. The van der Waals surface area contributed by atoms with E-state index in [1.165, 1.54) is 0 Å². The second kappa shape index (κ2) is 4.78. The molecule has 6 nitrogen and oxygen atoms in total. The molecule has 0 aromatic heterocycles. The molecule has 2 bridgehead atoms. The number of ether oxygens (including phenoxy) is 4. The maximum Gasteiger partial charge on any atom is 0.509 e. The molecule has 3 heterocycles. The number of hydrogen-bond acceptors (Lipinski definition) is 6. The van der Waals surface area contributed by atoms with E-state index in [2.05, 4.69) is 0 Å². The summed E-state index contributed by atoms with van der Waals surface area (Å²) in [6.07, 6.45) is -2.14. The van der Waals surface area contributed by atoms with E-state index < -0.39 is 44.7 Å². The lowest BCUT2D eigenvalue weighted by Crippen LogP contribution is -2.55. The quantitative estimate of drug-likeness (QED) is 0.297. The fourth-order valence-corrected chi connectivity index (χ4v) is 3.16. The van der Waals surface area contributed by atoms with Gasteiger partial charge < -0.3 is 18.9 Å². The molecule has 0 aromatic rings. The van der Waals surface area contributed by atoms with Gasteiger partial charge in [-0.1, -0.05) is 34.7 Å². The van der Waals surface area contributed by atoms with Crippen LogP contribution in [0.5, 0.6) is 0 Å². The van der Waals surface area contributed by atoms with Crippen molar-refractivity contribution in [3.8, 4) is 0 Å². The summed E-state index contributed by atoms with van der Waals surface area (Å²) in [5.74, 6) is -0.527. The predicted octanol–water partition coefficient (Wildman–Crippen LogP) is 1.03. The van der Waals surface area contributed by atoms with Gasteiger partial charge in [0.2, 0.25) is 0 Å². The second-order valence-corrected chi connectivity index (χ2v) is 8.86. The first-order valence-electron chi connectivity index (χ1n) is 6.98. The molecule has 0 spiro atoms. The maximum absolute atomic E-state index is 12.5. The van der Waals surface area contributed by atoms with Gasteiger partial charge in [0.05, 0.1) is 15.7 Å². The average molecular weight is 416 g/mol. The van der Waals surface area contributed by atoms with E-state index in [1.807, 2.05) is 22.6 Å². The molecule has 0 aliphatic carbocycles. The Morgan fingerprint density at radius 2 is 1.95 bits per heavy atom. The fourth-order valence-electron chi connectivity index (χ4n) is 3.05. The van der Waals surface area contributed by atoms with Crippen molar-refractivity contribution in [2.75, 3.05) is 0 Å². The van der Waals surface area contributed by atoms with Crippen LogP contribution in [0.4, 0.5) is 4.79 Å². The number of carbonyl (C=O) groups excluding carboxylic acids is 2. The lowest BCUT2D eigenvalue weighted by atomic mass is 9.50. The maximum atomic E-state index is 12.5. The van der Waals surface area contributed by atoms with E-state index in [-0.39, 0.29) is 6.10 Å². The lowest BCUT2D eigenvalue weighted by molar-refractivity contribution is -0.169. The van der Waals surface area contributed by atoms with Crippen LogP contribution in [0, 0.1) is 0 Å². The Labute approximate surface area is 144 Å². The van der Waals surface area contributed by atoms with E-state index in [4.69, 9.17) is 34.6 Å². The van der Waals surface area contributed by atoms with Gasteiger partial charge in [-0.15, -0.1) is 0 Å². The van der Waals surface area contributed by atoms with Crippen molar-refractivity contribution in [1.29, 1.82) is 0 Å². The zero-order chi connectivity index (χ0) is 16.5. The molecule has 4 radical (unpaired) electrons. The van der Waals surface area contributed by atoms with Gasteiger partial charge in [-0.25, -0.2) is 4.79 Å². The van der Waals surface area contributed by atoms with Gasteiger partial charge in [0.1, 0.15) is 21.2 Å². The van der Waals surface area contributed by atoms with Gasteiger partial charge in [0, 0.05) is 6.42 Å². The third kappa shape index (κ3) is 2.26. The molecule has 3 fully saturated rings. The molecule has 22 heavy (non-hydrogen) atoms. The number of alkyl halides is 1. The predicted molar refractivity (Wildman–Crippen MR) is 85.2 cm³/mol. The Bertz CT molecular complexity index is 533. The summed E-state index contributed by atoms with van der Waals surface area (Å²) in [6.45, 7) is 4.94. The molecule has 116 valence electrons. The first kappa shape index (κ1) is 16.4. The van der Waals surface area contributed by atoms with E-state index in [9.17, 15) is 9.59 Å². The van der Waals surface area contributed by atoms with Crippen LogP contribution in [-0.2, 0) is 23.7 Å². The Balaban J connectivity index is 1.77. The zero-order valence-electron chi connectivity index (χ0n) is 12.5. The van der Waals surface area contributed by atoms with Crippen LogP contribution in [0.1, 0.15) is 27.2 Å². The highest BCUT2D eigenvalue weighted by molar-refractivity contribution is 14.1. The summed E-state index contributed by atoms with van der Waals surface area (Å²) < 4.78 is 20.5. The Morgan fingerprint density at radius 3 is 2.55 bits per heavy atom. The Hall–Kier alpha value is -0.440. The molecule has 9 heteroatoms. The molecule has 0 amide bonds. The molecule has 3 rings (SSSR count). The normalized spacial score (nSPS) is 42.3. The number of halogens is 1. The third-order valence-corrected chi connectivity index (χ3v) is 6.31. The zero-order valence-corrected chi connectivity index (χ0v) is 14.7. The highest BCUT2D eigenvalue weighted by atomic mass is 127. The first-order valence-corrected chi connectivity index (χ1v) is 8.06. The average Bonchev–Trinajstić information content (AvgIpc) is 2.96. The van der Waals surface area contributed by atoms with Gasteiger partial charge >= 0.3 is 12.1 Å². The van der Waals surface area contributed by atoms with Crippen LogP contribution < -0.4 is 0 Å². The van der Waals surface area contributed by atoms with Crippen molar-refractivity contribution < 1.29 is 28.5 Å². The number of carbonyl (C=O) groups is 2. The summed E-state index contributed by atoms with van der Waals surface area (Å²) in [5.41, 5.74) is -0.908. The van der Waals surface area contributed by atoms with Crippen molar-refractivity contribution in [3.05, 3.63) is 0 Å². The number of esters is 1. The highest BCUT2D eigenvalue weighted by Gasteiger charge is 2.68. The van der Waals surface area contributed by atoms with E-state index in [0.29, 0.717) is 6.42 Å². The standard InChI is InChI=1S/C13H15B2IO6/c1-11(22-9(17)12(2,16)13(3,14)15)4-5-6-7(8(11)19-5)21-10(18)20-6/h5-8H,4H2,1-3H3/t5?,6?,7?,8?,11-,12?/m0/s1. The SMILES string of the molecule is [B]C([B])(C)C(C)(I)C(=O)O[C@@]1(C)CC2OC1C1OC(=O)OC21. The smallest absolute Gasteiger partial charge is 0.455 e.